The Morgan fingerprint density at radius 2 is 1.00 bits per heavy atom. The molecule has 190 valence electrons. The number of aliphatic carboxylic acids is 1. The maximum Gasteiger partial charge on any atom is 0.314 e. The molecule has 0 aliphatic carbocycles. The Labute approximate surface area is 194 Å². The lowest BCUT2D eigenvalue weighted by atomic mass is 10.0. The quantitative estimate of drug-likeness (QED) is 0.124. The number of carboxylic acids is 1. The summed E-state index contributed by atoms with van der Waals surface area (Å²) >= 11 is 0. The van der Waals surface area contributed by atoms with Crippen LogP contribution in [0.1, 0.15) is 129 Å². The van der Waals surface area contributed by atoms with Crippen LogP contribution in [0.3, 0.4) is 0 Å². The highest BCUT2D eigenvalue weighted by atomic mass is 16.6. The lowest BCUT2D eigenvalue weighted by Gasteiger charge is -2.04. The molecule has 0 amide bonds. The van der Waals surface area contributed by atoms with Crippen molar-refractivity contribution in [2.45, 2.75) is 136 Å². The summed E-state index contributed by atoms with van der Waals surface area (Å²) in [5.74, 6) is -2.36. The van der Waals surface area contributed by atoms with Gasteiger partial charge in [0.2, 0.25) is 0 Å². The minimum atomic E-state index is -1.07. The van der Waals surface area contributed by atoms with E-state index in [2.05, 4.69) is 11.7 Å². The molecule has 7 heteroatoms. The van der Waals surface area contributed by atoms with Gasteiger partial charge in [-0.3, -0.25) is 14.4 Å². The molecule has 0 rings (SSSR count). The van der Waals surface area contributed by atoms with Gasteiger partial charge in [0.15, 0.2) is 0 Å². The van der Waals surface area contributed by atoms with Crippen LogP contribution < -0.4 is 0 Å². The zero-order valence-corrected chi connectivity index (χ0v) is 20.5. The van der Waals surface area contributed by atoms with Gasteiger partial charge in [0.25, 0.3) is 0 Å². The van der Waals surface area contributed by atoms with Crippen molar-refractivity contribution < 1.29 is 34.4 Å². The summed E-state index contributed by atoms with van der Waals surface area (Å²) in [7, 11) is 0. The van der Waals surface area contributed by atoms with Crippen molar-refractivity contribution in [2.75, 3.05) is 6.61 Å². The van der Waals surface area contributed by atoms with Crippen LogP contribution in [-0.2, 0) is 19.1 Å². The van der Waals surface area contributed by atoms with E-state index in [1.54, 1.807) is 0 Å². The number of hydrogen-bond acceptors (Lipinski definition) is 6. The zero-order valence-electron chi connectivity index (χ0n) is 20.5. The highest BCUT2D eigenvalue weighted by molar-refractivity contribution is 5.86. The molecule has 0 aromatic rings. The third kappa shape index (κ3) is 30.7. The minimum absolute atomic E-state index is 0.139. The van der Waals surface area contributed by atoms with Crippen LogP contribution in [0.5, 0.6) is 0 Å². The Kier molecular flexibility index (Phi) is 26.4. The van der Waals surface area contributed by atoms with Crippen molar-refractivity contribution >= 4 is 17.9 Å². The van der Waals surface area contributed by atoms with Gasteiger partial charge in [-0.05, 0) is 13.3 Å². The number of ether oxygens (including phenoxy) is 1. The minimum Gasteiger partial charge on any atom is -0.481 e. The molecular weight excluding hydrogens is 412 g/mol. The first-order valence-corrected chi connectivity index (χ1v) is 12.6. The first kappa shape index (κ1) is 32.7. The maximum atomic E-state index is 11.4. The summed E-state index contributed by atoms with van der Waals surface area (Å²) in [5, 5.41) is 24.5. The second-order valence-electron chi connectivity index (χ2n) is 8.47. The molecule has 0 saturated carbocycles. The van der Waals surface area contributed by atoms with Crippen molar-refractivity contribution in [1.29, 1.82) is 0 Å². The molecular formula is C25H48O7. The van der Waals surface area contributed by atoms with Gasteiger partial charge in [-0.2, -0.15) is 0 Å². The van der Waals surface area contributed by atoms with E-state index < -0.39 is 24.0 Å². The number of carboxylic acid groups (broad SMARTS) is 1. The number of hydrogen-bond donors (Lipinski definition) is 3. The molecule has 1 unspecified atom stereocenters. The summed E-state index contributed by atoms with van der Waals surface area (Å²) < 4.78 is 4.58. The summed E-state index contributed by atoms with van der Waals surface area (Å²) in [5.41, 5.74) is 0. The molecule has 0 aliphatic rings. The van der Waals surface area contributed by atoms with Gasteiger partial charge in [0.1, 0.15) is 0 Å². The van der Waals surface area contributed by atoms with Gasteiger partial charge in [0.05, 0.1) is 25.6 Å². The molecule has 32 heavy (non-hydrogen) atoms. The third-order valence-corrected chi connectivity index (χ3v) is 5.02. The SMILES string of the molecule is CC(O)CO.CCCCCCCCCCCCCCCCCC(=O)OC(=O)CCC(=O)O. The molecule has 7 nitrogen and oxygen atoms in total. The van der Waals surface area contributed by atoms with Crippen LogP contribution in [0.25, 0.3) is 0 Å². The average Bonchev–Trinajstić information content (AvgIpc) is 2.75. The summed E-state index contributed by atoms with van der Waals surface area (Å²) in [4.78, 5) is 33.0. The van der Waals surface area contributed by atoms with E-state index in [-0.39, 0.29) is 25.9 Å². The third-order valence-electron chi connectivity index (χ3n) is 5.02. The molecule has 0 aromatic heterocycles. The molecule has 0 radical (unpaired) electrons. The van der Waals surface area contributed by atoms with E-state index in [0.29, 0.717) is 0 Å². The Balaban J connectivity index is 0. The molecule has 0 heterocycles. The Bertz CT molecular complexity index is 450. The Morgan fingerprint density at radius 1 is 0.656 bits per heavy atom. The first-order valence-electron chi connectivity index (χ1n) is 12.6. The van der Waals surface area contributed by atoms with Gasteiger partial charge in [-0.25, -0.2) is 0 Å². The molecule has 0 aliphatic heterocycles. The van der Waals surface area contributed by atoms with Crippen LogP contribution in [0.4, 0.5) is 0 Å². The van der Waals surface area contributed by atoms with Gasteiger partial charge < -0.3 is 20.1 Å². The van der Waals surface area contributed by atoms with Crippen LogP contribution in [0, 0.1) is 0 Å². The average molecular weight is 461 g/mol. The van der Waals surface area contributed by atoms with Crippen LogP contribution in [-0.4, -0.2) is 45.9 Å². The van der Waals surface area contributed by atoms with Crippen molar-refractivity contribution in [3.05, 3.63) is 0 Å². The molecule has 3 N–H and O–H groups in total. The van der Waals surface area contributed by atoms with Gasteiger partial charge >= 0.3 is 17.9 Å². The standard InChI is InChI=1S/C22H40O5.C3H8O2/c1-2-3-4-5-6-7-8-9-10-11-12-13-14-15-16-17-21(25)27-22(26)19-18-20(23)24;1-3(5)2-4/h2-19H2,1H3,(H,23,24);3-5H,2H2,1H3. The van der Waals surface area contributed by atoms with Crippen molar-refractivity contribution in [3.63, 3.8) is 0 Å². The van der Waals surface area contributed by atoms with Crippen molar-refractivity contribution in [3.8, 4) is 0 Å². The number of carbonyl (C=O) groups is 3. The Hall–Kier alpha value is -1.47. The van der Waals surface area contributed by atoms with Crippen LogP contribution >= 0.6 is 0 Å². The summed E-state index contributed by atoms with van der Waals surface area (Å²) in [6.45, 7) is 3.64. The van der Waals surface area contributed by atoms with E-state index in [9.17, 15) is 14.4 Å². The smallest absolute Gasteiger partial charge is 0.314 e. The maximum absolute atomic E-state index is 11.4. The highest BCUT2D eigenvalue weighted by Crippen LogP contribution is 2.13. The largest absolute Gasteiger partial charge is 0.481 e. The lowest BCUT2D eigenvalue weighted by molar-refractivity contribution is -0.161. The fourth-order valence-corrected chi connectivity index (χ4v) is 3.08. The van der Waals surface area contributed by atoms with Gasteiger partial charge in [-0.15, -0.1) is 0 Å². The fraction of sp³-hybridized carbons (Fsp3) is 0.880. The van der Waals surface area contributed by atoms with Gasteiger partial charge in [0, 0.05) is 6.42 Å². The van der Waals surface area contributed by atoms with Crippen molar-refractivity contribution in [2.24, 2.45) is 0 Å². The number of rotatable bonds is 20. The zero-order chi connectivity index (χ0) is 24.5. The Morgan fingerprint density at radius 3 is 1.34 bits per heavy atom. The number of carbonyl (C=O) groups excluding carboxylic acids is 2. The number of esters is 2. The summed E-state index contributed by atoms with van der Waals surface area (Å²) in [6.07, 6.45) is 18.0. The van der Waals surface area contributed by atoms with E-state index >= 15 is 0 Å². The van der Waals surface area contributed by atoms with E-state index in [0.717, 1.165) is 19.3 Å². The monoisotopic (exact) mass is 460 g/mol. The normalized spacial score (nSPS) is 11.4. The predicted octanol–water partition coefficient (Wildman–Crippen LogP) is 5.54. The second-order valence-corrected chi connectivity index (χ2v) is 8.47. The number of aliphatic hydroxyl groups is 2. The van der Waals surface area contributed by atoms with E-state index in [1.165, 1.54) is 84.0 Å². The molecule has 0 bridgehead atoms. The summed E-state index contributed by atoms with van der Waals surface area (Å²) in [6, 6.07) is 0. The highest BCUT2D eigenvalue weighted by Gasteiger charge is 2.11. The second kappa shape index (κ2) is 25.8. The van der Waals surface area contributed by atoms with Crippen LogP contribution in [0.2, 0.25) is 0 Å². The number of unbranched alkanes of at least 4 members (excludes halogenated alkanes) is 14. The fourth-order valence-electron chi connectivity index (χ4n) is 3.08. The van der Waals surface area contributed by atoms with Crippen molar-refractivity contribution in [1.82, 2.24) is 0 Å². The van der Waals surface area contributed by atoms with Crippen LogP contribution in [0.15, 0.2) is 0 Å². The lowest BCUT2D eigenvalue weighted by Crippen LogP contribution is -2.13. The molecule has 0 fully saturated rings. The van der Waals surface area contributed by atoms with Gasteiger partial charge in [-0.1, -0.05) is 96.8 Å². The molecule has 0 aromatic carbocycles. The van der Waals surface area contributed by atoms with E-state index in [4.69, 9.17) is 15.3 Å². The molecule has 0 spiro atoms. The number of aliphatic hydroxyl groups excluding tert-OH is 2. The molecule has 0 saturated heterocycles. The first-order chi connectivity index (χ1) is 15.3. The molecule has 1 atom stereocenters. The van der Waals surface area contributed by atoms with E-state index in [1.807, 2.05) is 0 Å². The topological polar surface area (TPSA) is 121 Å². The predicted molar refractivity (Wildman–Crippen MR) is 126 cm³/mol.